The lowest BCUT2D eigenvalue weighted by Gasteiger charge is -2.28. The number of hydrogen-bond donors (Lipinski definition) is 2. The second-order valence-electron chi connectivity index (χ2n) is 8.51. The molecule has 36 heavy (non-hydrogen) atoms. The normalized spacial score (nSPS) is 14.1. The number of carbonyl (C=O) groups is 1. The quantitative estimate of drug-likeness (QED) is 0.343. The summed E-state index contributed by atoms with van der Waals surface area (Å²) < 4.78 is 18.5. The molecule has 8 heteroatoms. The molecule has 7 nitrogen and oxygen atoms in total. The molecule has 1 amide bonds. The Kier molecular flexibility index (Phi) is 6.86. The molecule has 182 valence electrons. The maximum absolute atomic E-state index is 13.0. The summed E-state index contributed by atoms with van der Waals surface area (Å²) >= 11 is 0. The smallest absolute Gasteiger partial charge is 0.250 e. The summed E-state index contributed by atoms with van der Waals surface area (Å²) in [5.74, 6) is -0.578. The van der Waals surface area contributed by atoms with E-state index in [1.54, 1.807) is 12.3 Å². The van der Waals surface area contributed by atoms with Crippen molar-refractivity contribution in [1.29, 1.82) is 0 Å². The van der Waals surface area contributed by atoms with Gasteiger partial charge in [0.15, 0.2) is 0 Å². The summed E-state index contributed by atoms with van der Waals surface area (Å²) in [6.45, 7) is 4.50. The summed E-state index contributed by atoms with van der Waals surface area (Å²) in [4.78, 5) is 23.5. The Labute approximate surface area is 208 Å². The zero-order valence-electron chi connectivity index (χ0n) is 19.9. The number of hydrogen-bond acceptors (Lipinski definition) is 6. The highest BCUT2D eigenvalue weighted by Gasteiger charge is 2.12. The lowest BCUT2D eigenvalue weighted by Crippen LogP contribution is -2.36. The van der Waals surface area contributed by atoms with Crippen molar-refractivity contribution in [2.75, 3.05) is 41.8 Å². The van der Waals surface area contributed by atoms with Gasteiger partial charge < -0.3 is 20.3 Å². The number of nitrogens with zero attached hydrogens (tertiary/aromatic N) is 3. The number of morpholine rings is 1. The number of fused-ring (bicyclic) bond motifs is 1. The first-order valence-corrected chi connectivity index (χ1v) is 11.8. The third kappa shape index (κ3) is 5.50. The maximum Gasteiger partial charge on any atom is 0.250 e. The zero-order valence-corrected chi connectivity index (χ0v) is 19.9. The minimum Gasteiger partial charge on any atom is -0.378 e. The van der Waals surface area contributed by atoms with Crippen LogP contribution in [-0.2, 0) is 9.53 Å². The highest BCUT2D eigenvalue weighted by molar-refractivity contribution is 6.00. The molecule has 0 aliphatic carbocycles. The van der Waals surface area contributed by atoms with Gasteiger partial charge in [-0.1, -0.05) is 30.3 Å². The van der Waals surface area contributed by atoms with Crippen molar-refractivity contribution in [1.82, 2.24) is 9.97 Å². The number of carbonyl (C=O) groups excluding carboxylic acids is 1. The van der Waals surface area contributed by atoms with Crippen molar-refractivity contribution in [2.24, 2.45) is 0 Å². The summed E-state index contributed by atoms with van der Waals surface area (Å²) in [6.07, 6.45) is 2.71. The number of halogens is 1. The molecule has 5 rings (SSSR count). The lowest BCUT2D eigenvalue weighted by atomic mass is 10.0. The monoisotopic (exact) mass is 483 g/mol. The van der Waals surface area contributed by atoms with Gasteiger partial charge in [-0.15, -0.1) is 0 Å². The van der Waals surface area contributed by atoms with Gasteiger partial charge in [-0.3, -0.25) is 4.79 Å². The number of ether oxygens (including phenoxy) is 1. The zero-order chi connectivity index (χ0) is 24.9. The topological polar surface area (TPSA) is 79.4 Å². The second-order valence-corrected chi connectivity index (χ2v) is 8.51. The van der Waals surface area contributed by atoms with Gasteiger partial charge in [0.05, 0.1) is 18.7 Å². The van der Waals surface area contributed by atoms with E-state index in [2.05, 4.69) is 32.7 Å². The molecule has 0 radical (unpaired) electrons. The fourth-order valence-corrected chi connectivity index (χ4v) is 4.18. The summed E-state index contributed by atoms with van der Waals surface area (Å²) in [6, 6.07) is 21.5. The number of nitrogens with one attached hydrogen (secondary N) is 2. The van der Waals surface area contributed by atoms with E-state index in [9.17, 15) is 9.18 Å². The minimum absolute atomic E-state index is 0.488. The molecule has 0 bridgehead atoms. The fourth-order valence-electron chi connectivity index (χ4n) is 4.18. The van der Waals surface area contributed by atoms with Crippen LogP contribution in [0.2, 0.25) is 0 Å². The van der Waals surface area contributed by atoms with Crippen LogP contribution in [-0.4, -0.2) is 42.2 Å². The number of benzene rings is 3. The summed E-state index contributed by atoms with van der Waals surface area (Å²) in [7, 11) is 0. The molecular weight excluding hydrogens is 457 g/mol. The molecule has 2 heterocycles. The van der Waals surface area contributed by atoms with Crippen LogP contribution in [0.15, 0.2) is 84.8 Å². The first-order chi connectivity index (χ1) is 17.5. The third-order valence-corrected chi connectivity index (χ3v) is 5.88. The first-order valence-electron chi connectivity index (χ1n) is 11.8. The standard InChI is InChI=1S/C28H26FN5O2/c1-19(29)16-26(35)31-23-6-2-4-20(17-23)25-7-3-5-21-18-30-28(33-27(21)25)32-22-8-10-24(11-9-22)34-12-14-36-15-13-34/h2-11,16-18H,12-15H2,1H3,(H,31,35)(H,30,32,33)/b19-16+. The SMILES string of the molecule is C/C(F)=C\C(=O)Nc1cccc(-c2cccc3cnc(Nc4ccc(N5CCOCC5)cc4)nc23)c1. The molecule has 2 N–H and O–H groups in total. The van der Waals surface area contributed by atoms with Crippen molar-refractivity contribution >= 4 is 39.8 Å². The number of rotatable bonds is 6. The minimum atomic E-state index is -0.551. The van der Waals surface area contributed by atoms with Gasteiger partial charge in [0, 0.05) is 53.4 Å². The molecule has 1 aliphatic heterocycles. The average Bonchev–Trinajstić information content (AvgIpc) is 2.89. The van der Waals surface area contributed by atoms with E-state index in [1.807, 2.05) is 48.5 Å². The molecular formula is C28H26FN5O2. The van der Waals surface area contributed by atoms with Gasteiger partial charge in [-0.05, 0) is 48.9 Å². The molecule has 0 unspecified atom stereocenters. The molecule has 0 saturated carbocycles. The van der Waals surface area contributed by atoms with Gasteiger partial charge in [-0.25, -0.2) is 14.4 Å². The summed E-state index contributed by atoms with van der Waals surface area (Å²) in [5.41, 5.74) is 5.18. The van der Waals surface area contributed by atoms with Crippen molar-refractivity contribution < 1.29 is 13.9 Å². The first kappa shape index (κ1) is 23.4. The fraction of sp³-hybridized carbons (Fsp3) is 0.179. The van der Waals surface area contributed by atoms with Crippen molar-refractivity contribution in [2.45, 2.75) is 6.92 Å². The van der Waals surface area contributed by atoms with Crippen LogP contribution in [0.3, 0.4) is 0 Å². The third-order valence-electron chi connectivity index (χ3n) is 5.88. The van der Waals surface area contributed by atoms with Crippen molar-refractivity contribution in [3.8, 4) is 11.1 Å². The van der Waals surface area contributed by atoms with Crippen LogP contribution in [0.4, 0.5) is 27.4 Å². The molecule has 0 atom stereocenters. The van der Waals surface area contributed by atoms with Crippen LogP contribution in [0.25, 0.3) is 22.0 Å². The number of amides is 1. The second kappa shape index (κ2) is 10.5. The van der Waals surface area contributed by atoms with Crippen LogP contribution < -0.4 is 15.5 Å². The molecule has 0 spiro atoms. The molecule has 1 saturated heterocycles. The Morgan fingerprint density at radius 3 is 2.58 bits per heavy atom. The number of allylic oxidation sites excluding steroid dienone is 1. The van der Waals surface area contributed by atoms with Crippen LogP contribution in [0, 0.1) is 0 Å². The summed E-state index contributed by atoms with van der Waals surface area (Å²) in [5, 5.41) is 6.88. The Hall–Kier alpha value is -4.30. The van der Waals surface area contributed by atoms with Crippen LogP contribution >= 0.6 is 0 Å². The molecule has 1 aromatic heterocycles. The molecule has 3 aromatic carbocycles. The number of anilines is 4. The largest absolute Gasteiger partial charge is 0.378 e. The molecule has 1 aliphatic rings. The highest BCUT2D eigenvalue weighted by Crippen LogP contribution is 2.30. The van der Waals surface area contributed by atoms with Crippen molar-refractivity contribution in [3.63, 3.8) is 0 Å². The van der Waals surface area contributed by atoms with Gasteiger partial charge in [0.1, 0.15) is 5.83 Å². The predicted molar refractivity (Wildman–Crippen MR) is 141 cm³/mol. The predicted octanol–water partition coefficient (Wildman–Crippen LogP) is 5.69. The van der Waals surface area contributed by atoms with Crippen LogP contribution in [0.5, 0.6) is 0 Å². The van der Waals surface area contributed by atoms with E-state index in [-0.39, 0.29) is 0 Å². The van der Waals surface area contributed by atoms with Crippen LogP contribution in [0.1, 0.15) is 6.92 Å². The number of para-hydroxylation sites is 1. The van der Waals surface area contributed by atoms with E-state index in [0.717, 1.165) is 65.8 Å². The van der Waals surface area contributed by atoms with Gasteiger partial charge in [0.2, 0.25) is 5.95 Å². The highest BCUT2D eigenvalue weighted by atomic mass is 19.1. The van der Waals surface area contributed by atoms with Gasteiger partial charge in [-0.2, -0.15) is 0 Å². The molecule has 1 fully saturated rings. The van der Waals surface area contributed by atoms with Gasteiger partial charge >= 0.3 is 0 Å². The Bertz CT molecular complexity index is 1410. The van der Waals surface area contributed by atoms with E-state index < -0.39 is 11.7 Å². The number of aromatic nitrogens is 2. The maximum atomic E-state index is 13.0. The van der Waals surface area contributed by atoms with E-state index >= 15 is 0 Å². The lowest BCUT2D eigenvalue weighted by molar-refractivity contribution is -0.112. The van der Waals surface area contributed by atoms with E-state index in [0.29, 0.717) is 11.6 Å². The Morgan fingerprint density at radius 1 is 1.03 bits per heavy atom. The molecule has 4 aromatic rings. The Morgan fingerprint density at radius 2 is 1.81 bits per heavy atom. The van der Waals surface area contributed by atoms with E-state index in [1.165, 1.54) is 6.92 Å². The van der Waals surface area contributed by atoms with Gasteiger partial charge in [0.25, 0.3) is 5.91 Å². The van der Waals surface area contributed by atoms with E-state index in [4.69, 9.17) is 9.72 Å². The van der Waals surface area contributed by atoms with Crippen molar-refractivity contribution in [3.05, 3.63) is 84.8 Å². The Balaban J connectivity index is 1.39. The average molecular weight is 484 g/mol.